The Bertz CT molecular complexity index is 2210. The van der Waals surface area contributed by atoms with E-state index in [0.29, 0.717) is 53.4 Å². The Hall–Kier alpha value is -5.86. The van der Waals surface area contributed by atoms with Crippen LogP contribution in [0.15, 0.2) is 84.9 Å². The number of primary amides is 2. The number of benzene rings is 4. The summed E-state index contributed by atoms with van der Waals surface area (Å²) in [4.78, 5) is 46.2. The Labute approximate surface area is 298 Å². The third-order valence-corrected chi connectivity index (χ3v) is 9.59. The number of carbonyl (C=O) groups excluding carboxylic acids is 3. The van der Waals surface area contributed by atoms with Crippen LogP contribution in [-0.2, 0) is 18.0 Å². The predicted molar refractivity (Wildman–Crippen MR) is 192 cm³/mol. The summed E-state index contributed by atoms with van der Waals surface area (Å²) in [5.41, 5.74) is 11.8. The van der Waals surface area contributed by atoms with Crippen molar-refractivity contribution >= 4 is 66.6 Å². The normalized spacial score (nSPS) is 10.5. The third-order valence-electron chi connectivity index (χ3n) is 7.23. The smallest absolute Gasteiger partial charge is 0.348 e. The second kappa shape index (κ2) is 16.7. The van der Waals surface area contributed by atoms with Crippen molar-refractivity contribution in [3.05, 3.63) is 129 Å². The van der Waals surface area contributed by atoms with Crippen molar-refractivity contribution in [1.29, 1.82) is 0 Å². The van der Waals surface area contributed by atoms with Gasteiger partial charge < -0.3 is 30.8 Å². The molecule has 0 saturated heterocycles. The first-order chi connectivity index (χ1) is 24.0. The number of thiophene rings is 2. The number of hydrogen-bond donors (Lipinski definition) is 3. The largest absolute Gasteiger partial charge is 0.489 e. The number of aromatic carboxylic acids is 1. The molecule has 0 atom stereocenters. The Balaban J connectivity index is 0.000000225. The van der Waals surface area contributed by atoms with E-state index in [-0.39, 0.29) is 37.5 Å². The molecule has 2 amide bonds. The van der Waals surface area contributed by atoms with Crippen LogP contribution in [0.4, 0.5) is 8.78 Å². The lowest BCUT2D eigenvalue weighted by Crippen LogP contribution is -2.10. The molecular weight excluding hydrogens is 703 g/mol. The van der Waals surface area contributed by atoms with Crippen molar-refractivity contribution in [2.24, 2.45) is 11.5 Å². The molecule has 0 saturated carbocycles. The first kappa shape index (κ1) is 38.0. The highest BCUT2D eigenvalue weighted by Gasteiger charge is 2.23. The highest BCUT2D eigenvalue weighted by Crippen LogP contribution is 2.36. The standard InChI is InChI=1S/C19H16FNO4S.C17H12FNO4S.CH4/c1-2-24-19(23)17-13(16-14(20)4-3-5-15(16)26-17)10-25-12-8-6-11(7-9-12)18(21)22;18-12-2-1-3-13-14(12)11(15(24-13)17(21)22)8-23-10-6-4-9(5-7-10)16(19)20;/h3-9H,2,10H2,1H3,(H2,21,22);1-7H,8H2,(H2,19,20)(H,21,22);1H4. The lowest BCUT2D eigenvalue weighted by molar-refractivity contribution is 0.0528. The number of esters is 1. The topological polar surface area (TPSA) is 168 Å². The molecule has 2 aromatic heterocycles. The number of amides is 2. The summed E-state index contributed by atoms with van der Waals surface area (Å²) in [6.07, 6.45) is 0. The fraction of sp³-hybridized carbons (Fsp3) is 0.135. The molecule has 0 bridgehead atoms. The van der Waals surface area contributed by atoms with E-state index >= 15 is 0 Å². The van der Waals surface area contributed by atoms with E-state index in [4.69, 9.17) is 25.7 Å². The number of rotatable bonds is 11. The number of carboxylic acid groups (broad SMARTS) is 1. The third kappa shape index (κ3) is 8.66. The first-order valence-corrected chi connectivity index (χ1v) is 16.5. The van der Waals surface area contributed by atoms with Gasteiger partial charge in [-0.25, -0.2) is 18.4 Å². The molecule has 51 heavy (non-hydrogen) atoms. The summed E-state index contributed by atoms with van der Waals surface area (Å²) >= 11 is 2.18. The molecule has 5 N–H and O–H groups in total. The fourth-order valence-corrected chi connectivity index (χ4v) is 7.06. The minimum absolute atomic E-state index is 0. The fourth-order valence-electron chi connectivity index (χ4n) is 4.89. The van der Waals surface area contributed by atoms with Crippen molar-refractivity contribution in [2.75, 3.05) is 6.61 Å². The summed E-state index contributed by atoms with van der Waals surface area (Å²) in [7, 11) is 0. The van der Waals surface area contributed by atoms with Gasteiger partial charge in [-0.2, -0.15) is 0 Å². The van der Waals surface area contributed by atoms with Gasteiger partial charge in [0, 0.05) is 42.4 Å². The molecule has 0 aliphatic rings. The lowest BCUT2D eigenvalue weighted by atomic mass is 10.1. The van der Waals surface area contributed by atoms with Crippen LogP contribution >= 0.6 is 22.7 Å². The van der Waals surface area contributed by atoms with Gasteiger partial charge in [0.15, 0.2) is 0 Å². The van der Waals surface area contributed by atoms with Crippen LogP contribution in [0.2, 0.25) is 0 Å². The molecule has 0 fully saturated rings. The van der Waals surface area contributed by atoms with E-state index in [0.717, 1.165) is 11.3 Å². The summed E-state index contributed by atoms with van der Waals surface area (Å²) in [5.74, 6) is -2.73. The highest BCUT2D eigenvalue weighted by atomic mass is 32.1. The molecule has 0 unspecified atom stereocenters. The molecule has 0 radical (unpaired) electrons. The van der Waals surface area contributed by atoms with Crippen molar-refractivity contribution in [2.45, 2.75) is 27.6 Å². The van der Waals surface area contributed by atoms with Crippen LogP contribution in [0.5, 0.6) is 11.5 Å². The van der Waals surface area contributed by atoms with Crippen LogP contribution in [-0.4, -0.2) is 35.5 Å². The zero-order valence-electron chi connectivity index (χ0n) is 26.2. The molecule has 0 aliphatic heterocycles. The van der Waals surface area contributed by atoms with Gasteiger partial charge >= 0.3 is 11.9 Å². The van der Waals surface area contributed by atoms with E-state index in [2.05, 4.69) is 0 Å². The van der Waals surface area contributed by atoms with E-state index in [1.54, 1.807) is 49.4 Å². The Morgan fingerprint density at radius 2 is 1.08 bits per heavy atom. The minimum Gasteiger partial charge on any atom is -0.489 e. The number of nitrogens with two attached hydrogens (primary N) is 2. The first-order valence-electron chi connectivity index (χ1n) is 14.8. The van der Waals surface area contributed by atoms with Crippen molar-refractivity contribution < 1.29 is 47.3 Å². The second-order valence-corrected chi connectivity index (χ2v) is 12.5. The van der Waals surface area contributed by atoms with Crippen LogP contribution in [0.1, 0.15) is 65.5 Å². The molecule has 14 heteroatoms. The van der Waals surface area contributed by atoms with Crippen LogP contribution in [0.25, 0.3) is 20.2 Å². The molecule has 6 aromatic rings. The average molecular weight is 735 g/mol. The quantitative estimate of drug-likeness (QED) is 0.113. The SMILES string of the molecule is C.CCOC(=O)c1sc2cccc(F)c2c1COc1ccc(C(N)=O)cc1.NC(=O)c1ccc(OCc2c(C(=O)O)sc3cccc(F)c23)cc1. The molecule has 4 aromatic carbocycles. The number of halogens is 2. The van der Waals surface area contributed by atoms with Crippen molar-refractivity contribution in [3.8, 4) is 11.5 Å². The van der Waals surface area contributed by atoms with Gasteiger partial charge in [-0.1, -0.05) is 19.6 Å². The molecular formula is C37H32F2N2O8S2. The average Bonchev–Trinajstić information content (AvgIpc) is 3.67. The molecule has 2 heterocycles. The predicted octanol–water partition coefficient (Wildman–Crippen LogP) is 7.95. The maximum atomic E-state index is 14.3. The molecule has 0 spiro atoms. The van der Waals surface area contributed by atoms with Gasteiger partial charge in [0.25, 0.3) is 0 Å². The second-order valence-electron chi connectivity index (χ2n) is 10.4. The number of ether oxygens (including phenoxy) is 3. The van der Waals surface area contributed by atoms with Gasteiger partial charge in [-0.05, 0) is 79.7 Å². The molecule has 10 nitrogen and oxygen atoms in total. The lowest BCUT2D eigenvalue weighted by Gasteiger charge is -2.08. The van der Waals surface area contributed by atoms with E-state index < -0.39 is 35.4 Å². The van der Waals surface area contributed by atoms with Crippen LogP contribution in [0, 0.1) is 11.6 Å². The van der Waals surface area contributed by atoms with E-state index in [9.17, 15) is 33.1 Å². The highest BCUT2D eigenvalue weighted by molar-refractivity contribution is 7.21. The molecule has 264 valence electrons. The number of hydrogen-bond acceptors (Lipinski definition) is 9. The number of fused-ring (bicyclic) bond motifs is 2. The molecule has 0 aliphatic carbocycles. The Morgan fingerprint density at radius 1 is 0.667 bits per heavy atom. The molecule has 6 rings (SSSR count). The van der Waals surface area contributed by atoms with E-state index in [1.165, 1.54) is 53.8 Å². The zero-order valence-corrected chi connectivity index (χ0v) is 27.9. The van der Waals surface area contributed by atoms with Gasteiger partial charge in [0.05, 0.1) is 6.61 Å². The monoisotopic (exact) mass is 734 g/mol. The van der Waals surface area contributed by atoms with Crippen LogP contribution in [0.3, 0.4) is 0 Å². The maximum Gasteiger partial charge on any atom is 0.348 e. The zero-order chi connectivity index (χ0) is 35.9. The minimum atomic E-state index is -1.13. The Kier molecular flexibility index (Phi) is 12.4. The summed E-state index contributed by atoms with van der Waals surface area (Å²) in [6, 6.07) is 21.5. The van der Waals surface area contributed by atoms with Gasteiger partial charge in [0.2, 0.25) is 11.8 Å². The summed E-state index contributed by atoms with van der Waals surface area (Å²) in [6.45, 7) is 1.83. The van der Waals surface area contributed by atoms with Gasteiger partial charge in [-0.15, -0.1) is 22.7 Å². The summed E-state index contributed by atoms with van der Waals surface area (Å²) < 4.78 is 46.0. The Morgan fingerprint density at radius 3 is 1.47 bits per heavy atom. The van der Waals surface area contributed by atoms with Gasteiger partial charge in [-0.3, -0.25) is 9.59 Å². The number of carboxylic acids is 1. The van der Waals surface area contributed by atoms with E-state index in [1.807, 2.05) is 0 Å². The maximum absolute atomic E-state index is 14.3. The van der Waals surface area contributed by atoms with Gasteiger partial charge in [0.1, 0.15) is 46.1 Å². The van der Waals surface area contributed by atoms with Crippen molar-refractivity contribution in [3.63, 3.8) is 0 Å². The van der Waals surface area contributed by atoms with Crippen LogP contribution < -0.4 is 20.9 Å². The van der Waals surface area contributed by atoms with Crippen molar-refractivity contribution in [1.82, 2.24) is 0 Å². The summed E-state index contributed by atoms with van der Waals surface area (Å²) in [5, 5.41) is 9.95. The number of carbonyl (C=O) groups is 4.